The van der Waals surface area contributed by atoms with Crippen LogP contribution in [0.4, 0.5) is 0 Å². The van der Waals surface area contributed by atoms with Crippen LogP contribution in [0.15, 0.2) is 29.6 Å². The minimum Gasteiger partial charge on any atom is -0.391 e. The maximum atomic E-state index is 9.99. The van der Waals surface area contributed by atoms with Crippen molar-refractivity contribution in [1.82, 2.24) is 10.3 Å². The molecular formula is C17H24N2OS. The van der Waals surface area contributed by atoms with Gasteiger partial charge in [-0.1, -0.05) is 50.6 Å². The van der Waals surface area contributed by atoms with Gasteiger partial charge in [-0.05, 0) is 12.3 Å². The SMILES string of the molecule is Cc1ccc(-c2nc(CNCC(O)C(C)(C)C)cs2)cc1. The lowest BCUT2D eigenvalue weighted by Gasteiger charge is -2.25. The van der Waals surface area contributed by atoms with Crippen LogP contribution in [-0.2, 0) is 6.54 Å². The van der Waals surface area contributed by atoms with E-state index in [1.54, 1.807) is 11.3 Å². The summed E-state index contributed by atoms with van der Waals surface area (Å²) in [6, 6.07) is 8.42. The number of hydrogen-bond donors (Lipinski definition) is 2. The van der Waals surface area contributed by atoms with Crippen LogP contribution in [0.25, 0.3) is 10.6 Å². The van der Waals surface area contributed by atoms with E-state index in [2.05, 4.69) is 46.9 Å². The molecule has 0 aliphatic rings. The molecule has 0 amide bonds. The number of nitrogens with one attached hydrogen (secondary N) is 1. The summed E-state index contributed by atoms with van der Waals surface area (Å²) in [5.74, 6) is 0. The van der Waals surface area contributed by atoms with Crippen LogP contribution in [0.1, 0.15) is 32.0 Å². The maximum absolute atomic E-state index is 9.99. The Hall–Kier alpha value is -1.23. The van der Waals surface area contributed by atoms with E-state index in [0.29, 0.717) is 13.1 Å². The van der Waals surface area contributed by atoms with Crippen molar-refractivity contribution in [2.24, 2.45) is 5.41 Å². The lowest BCUT2D eigenvalue weighted by molar-refractivity contribution is 0.0627. The Bertz CT molecular complexity index is 569. The Labute approximate surface area is 131 Å². The molecule has 0 bridgehead atoms. The summed E-state index contributed by atoms with van der Waals surface area (Å²) in [7, 11) is 0. The number of nitrogens with zero attached hydrogens (tertiary/aromatic N) is 1. The van der Waals surface area contributed by atoms with Gasteiger partial charge in [-0.2, -0.15) is 0 Å². The van der Waals surface area contributed by atoms with Gasteiger partial charge in [-0.3, -0.25) is 0 Å². The molecular weight excluding hydrogens is 280 g/mol. The third kappa shape index (κ3) is 4.63. The van der Waals surface area contributed by atoms with Crippen LogP contribution in [0.3, 0.4) is 0 Å². The predicted octanol–water partition coefficient (Wildman–Crippen LogP) is 3.62. The molecule has 3 nitrogen and oxygen atoms in total. The maximum Gasteiger partial charge on any atom is 0.123 e. The molecule has 21 heavy (non-hydrogen) atoms. The highest BCUT2D eigenvalue weighted by atomic mass is 32.1. The summed E-state index contributed by atoms with van der Waals surface area (Å²) < 4.78 is 0. The zero-order valence-corrected chi connectivity index (χ0v) is 14.0. The van der Waals surface area contributed by atoms with Gasteiger partial charge in [0.05, 0.1) is 11.8 Å². The van der Waals surface area contributed by atoms with E-state index in [-0.39, 0.29) is 11.5 Å². The minimum atomic E-state index is -0.354. The summed E-state index contributed by atoms with van der Waals surface area (Å²) in [4.78, 5) is 4.64. The number of thiazole rings is 1. The first-order valence-corrected chi connectivity index (χ1v) is 8.14. The molecule has 1 unspecified atom stereocenters. The van der Waals surface area contributed by atoms with Crippen molar-refractivity contribution in [1.29, 1.82) is 0 Å². The van der Waals surface area contributed by atoms with E-state index >= 15 is 0 Å². The average molecular weight is 304 g/mol. The lowest BCUT2D eigenvalue weighted by Crippen LogP contribution is -2.36. The third-order valence-electron chi connectivity index (χ3n) is 3.49. The quantitative estimate of drug-likeness (QED) is 0.887. The van der Waals surface area contributed by atoms with Gasteiger partial charge in [-0.15, -0.1) is 11.3 Å². The van der Waals surface area contributed by atoms with Gasteiger partial charge in [-0.25, -0.2) is 4.98 Å². The molecule has 1 aromatic carbocycles. The highest BCUT2D eigenvalue weighted by molar-refractivity contribution is 7.13. The number of benzene rings is 1. The molecule has 1 atom stereocenters. The number of hydrogen-bond acceptors (Lipinski definition) is 4. The van der Waals surface area contributed by atoms with Gasteiger partial charge in [0.2, 0.25) is 0 Å². The van der Waals surface area contributed by atoms with Crippen molar-refractivity contribution in [2.75, 3.05) is 6.54 Å². The molecule has 0 saturated heterocycles. The molecule has 0 spiro atoms. The number of rotatable bonds is 5. The van der Waals surface area contributed by atoms with Crippen LogP contribution in [0.2, 0.25) is 0 Å². The van der Waals surface area contributed by atoms with E-state index in [0.717, 1.165) is 16.3 Å². The van der Waals surface area contributed by atoms with Crippen molar-refractivity contribution >= 4 is 11.3 Å². The molecule has 114 valence electrons. The normalized spacial score (nSPS) is 13.4. The average Bonchev–Trinajstić information content (AvgIpc) is 2.87. The Morgan fingerprint density at radius 1 is 1.24 bits per heavy atom. The van der Waals surface area contributed by atoms with Gasteiger partial charge in [0.1, 0.15) is 5.01 Å². The van der Waals surface area contributed by atoms with E-state index in [4.69, 9.17) is 0 Å². The Morgan fingerprint density at radius 3 is 2.52 bits per heavy atom. The predicted molar refractivity (Wildman–Crippen MR) is 89.5 cm³/mol. The number of aliphatic hydroxyl groups excluding tert-OH is 1. The number of aryl methyl sites for hydroxylation is 1. The molecule has 2 aromatic rings. The molecule has 1 heterocycles. The van der Waals surface area contributed by atoms with Gasteiger partial charge >= 0.3 is 0 Å². The fourth-order valence-electron chi connectivity index (χ4n) is 1.86. The highest BCUT2D eigenvalue weighted by Gasteiger charge is 2.21. The van der Waals surface area contributed by atoms with Crippen LogP contribution < -0.4 is 5.32 Å². The van der Waals surface area contributed by atoms with Crippen LogP contribution in [-0.4, -0.2) is 22.7 Å². The molecule has 2 rings (SSSR count). The zero-order chi connectivity index (χ0) is 15.5. The summed E-state index contributed by atoms with van der Waals surface area (Å²) in [6.07, 6.45) is -0.354. The fraction of sp³-hybridized carbons (Fsp3) is 0.471. The molecule has 0 fully saturated rings. The van der Waals surface area contributed by atoms with E-state index in [9.17, 15) is 5.11 Å². The van der Waals surface area contributed by atoms with Crippen molar-refractivity contribution in [2.45, 2.75) is 40.3 Å². The smallest absolute Gasteiger partial charge is 0.123 e. The van der Waals surface area contributed by atoms with E-state index in [1.165, 1.54) is 5.56 Å². The first-order chi connectivity index (χ1) is 9.86. The Kier molecular flexibility index (Phi) is 5.14. The van der Waals surface area contributed by atoms with Crippen LogP contribution in [0.5, 0.6) is 0 Å². The molecule has 0 aliphatic carbocycles. The van der Waals surface area contributed by atoms with Gasteiger partial charge in [0.15, 0.2) is 0 Å². The van der Waals surface area contributed by atoms with E-state index < -0.39 is 0 Å². The molecule has 0 aliphatic heterocycles. The summed E-state index contributed by atoms with van der Waals surface area (Å²) in [5, 5.41) is 16.4. The Morgan fingerprint density at radius 2 is 1.90 bits per heavy atom. The third-order valence-corrected chi connectivity index (χ3v) is 4.43. The molecule has 4 heteroatoms. The molecule has 2 N–H and O–H groups in total. The number of aliphatic hydroxyl groups is 1. The van der Waals surface area contributed by atoms with Crippen LogP contribution >= 0.6 is 11.3 Å². The van der Waals surface area contributed by atoms with Crippen molar-refractivity contribution in [3.8, 4) is 10.6 Å². The van der Waals surface area contributed by atoms with Gasteiger partial charge in [0.25, 0.3) is 0 Å². The standard InChI is InChI=1S/C17H24N2OS/c1-12-5-7-13(8-6-12)16-19-14(11-21-16)9-18-10-15(20)17(2,3)4/h5-8,11,15,18,20H,9-10H2,1-4H3. The molecule has 0 saturated carbocycles. The second-order valence-electron chi connectivity index (χ2n) is 6.52. The topological polar surface area (TPSA) is 45.2 Å². The van der Waals surface area contributed by atoms with Gasteiger partial charge < -0.3 is 10.4 Å². The first-order valence-electron chi connectivity index (χ1n) is 7.26. The largest absolute Gasteiger partial charge is 0.391 e. The first kappa shape index (κ1) is 16.1. The van der Waals surface area contributed by atoms with Crippen molar-refractivity contribution in [3.05, 3.63) is 40.9 Å². The van der Waals surface area contributed by atoms with Gasteiger partial charge in [0, 0.05) is 24.0 Å². The summed E-state index contributed by atoms with van der Waals surface area (Å²) in [6.45, 7) is 9.48. The number of aromatic nitrogens is 1. The molecule has 1 aromatic heterocycles. The minimum absolute atomic E-state index is 0.0951. The second kappa shape index (κ2) is 6.69. The second-order valence-corrected chi connectivity index (χ2v) is 7.38. The van der Waals surface area contributed by atoms with E-state index in [1.807, 2.05) is 20.8 Å². The Balaban J connectivity index is 1.90. The van der Waals surface area contributed by atoms with Crippen LogP contribution in [0, 0.1) is 12.3 Å². The van der Waals surface area contributed by atoms with Crippen molar-refractivity contribution in [3.63, 3.8) is 0 Å². The molecule has 0 radical (unpaired) electrons. The fourth-order valence-corrected chi connectivity index (χ4v) is 2.69. The lowest BCUT2D eigenvalue weighted by atomic mass is 9.89. The summed E-state index contributed by atoms with van der Waals surface area (Å²) >= 11 is 1.66. The highest BCUT2D eigenvalue weighted by Crippen LogP contribution is 2.24. The monoisotopic (exact) mass is 304 g/mol. The zero-order valence-electron chi connectivity index (χ0n) is 13.2. The summed E-state index contributed by atoms with van der Waals surface area (Å²) in [5.41, 5.74) is 3.35. The van der Waals surface area contributed by atoms with Crippen molar-refractivity contribution < 1.29 is 5.11 Å².